The first-order valence-corrected chi connectivity index (χ1v) is 4.67. The van der Waals surface area contributed by atoms with Crippen molar-refractivity contribution < 1.29 is 9.53 Å². The number of nitrogens with two attached hydrogens (primary N) is 1. The van der Waals surface area contributed by atoms with Gasteiger partial charge in [-0.2, -0.15) is 0 Å². The van der Waals surface area contributed by atoms with E-state index >= 15 is 0 Å². The number of ether oxygens (including phenoxy) is 1. The minimum atomic E-state index is -0.512. The van der Waals surface area contributed by atoms with E-state index in [4.69, 9.17) is 10.5 Å². The molecule has 0 rings (SSSR count). The van der Waals surface area contributed by atoms with Crippen molar-refractivity contribution in [3.05, 3.63) is 0 Å². The normalized spacial score (nSPS) is 12.6. The molecular formula is C8H16N2O2S. The number of hydrogen-bond donors (Lipinski definition) is 1. The number of carbonyl (C=O) groups excluding carboxylic acids is 1. The Morgan fingerprint density at radius 3 is 2.62 bits per heavy atom. The predicted molar refractivity (Wildman–Crippen MR) is 53.0 cm³/mol. The van der Waals surface area contributed by atoms with Crippen LogP contribution >= 0.6 is 0 Å². The van der Waals surface area contributed by atoms with E-state index in [1.165, 1.54) is 0 Å². The third-order valence-corrected chi connectivity index (χ3v) is 1.71. The van der Waals surface area contributed by atoms with Crippen LogP contribution in [0.5, 0.6) is 0 Å². The molecule has 0 aliphatic carbocycles. The zero-order valence-corrected chi connectivity index (χ0v) is 8.84. The summed E-state index contributed by atoms with van der Waals surface area (Å²) in [5.41, 5.74) is 5.19. The summed E-state index contributed by atoms with van der Waals surface area (Å²) in [6.07, 6.45) is 0.632. The lowest BCUT2D eigenvalue weighted by atomic mass is 10.1. The highest BCUT2D eigenvalue weighted by molar-refractivity contribution is 7.47. The Bertz CT molecular complexity index is 174. The maximum absolute atomic E-state index is 11.2. The monoisotopic (exact) mass is 204 g/mol. The molecule has 2 N–H and O–H groups in total. The van der Waals surface area contributed by atoms with Crippen LogP contribution in [0, 0.1) is 5.92 Å². The van der Waals surface area contributed by atoms with Crippen molar-refractivity contribution in [2.24, 2.45) is 16.0 Å². The fourth-order valence-corrected chi connectivity index (χ4v) is 1.06. The molecule has 0 heterocycles. The second-order valence-electron chi connectivity index (χ2n) is 3.21. The molecule has 1 atom stereocenters. The minimum absolute atomic E-state index is 0.234. The maximum Gasteiger partial charge on any atom is 0.332 e. The van der Waals surface area contributed by atoms with Gasteiger partial charge in [-0.15, -0.1) is 0 Å². The molecule has 0 saturated carbocycles. The summed E-state index contributed by atoms with van der Waals surface area (Å²) in [7, 11) is 0. The molecule has 0 saturated heterocycles. The van der Waals surface area contributed by atoms with Gasteiger partial charge < -0.3 is 10.5 Å². The molecule has 76 valence electrons. The van der Waals surface area contributed by atoms with Crippen LogP contribution in [-0.4, -0.2) is 25.2 Å². The van der Waals surface area contributed by atoms with Gasteiger partial charge in [0.25, 0.3) is 0 Å². The number of nitrogens with zero attached hydrogens (tertiary/aromatic N) is 1. The lowest BCUT2D eigenvalue weighted by molar-refractivity contribution is -0.145. The van der Waals surface area contributed by atoms with E-state index in [9.17, 15) is 4.79 Å². The molecule has 0 radical (unpaired) electrons. The Kier molecular flexibility index (Phi) is 6.62. The van der Waals surface area contributed by atoms with E-state index in [0.717, 1.165) is 0 Å². The number of carbonyl (C=O) groups is 1. The molecule has 0 amide bonds. The van der Waals surface area contributed by atoms with E-state index in [2.05, 4.69) is 16.8 Å². The summed E-state index contributed by atoms with van der Waals surface area (Å²) in [6.45, 7) is 4.57. The van der Waals surface area contributed by atoms with Crippen molar-refractivity contribution in [2.45, 2.75) is 26.3 Å². The van der Waals surface area contributed by atoms with Gasteiger partial charge in [0.05, 0.1) is 0 Å². The molecule has 0 fully saturated rings. The highest BCUT2D eigenvalue weighted by atomic mass is 32.1. The molecule has 0 aliphatic rings. The van der Waals surface area contributed by atoms with E-state index < -0.39 is 6.04 Å². The van der Waals surface area contributed by atoms with Gasteiger partial charge in [0.1, 0.15) is 6.61 Å². The topological polar surface area (TPSA) is 64.7 Å². The van der Waals surface area contributed by atoms with Gasteiger partial charge in [0, 0.05) is 19.0 Å². The summed E-state index contributed by atoms with van der Waals surface area (Å²) in [5.74, 6) is 0.0104. The molecule has 13 heavy (non-hydrogen) atoms. The summed E-state index contributed by atoms with van der Waals surface area (Å²) in [6, 6.07) is -0.512. The summed E-state index contributed by atoms with van der Waals surface area (Å²) >= 11 is 4.51. The largest absolute Gasteiger partial charge is 0.463 e. The summed E-state index contributed by atoms with van der Waals surface area (Å²) in [5, 5.41) is 0. The highest BCUT2D eigenvalue weighted by Gasteiger charge is 2.19. The number of rotatable bonds is 6. The van der Waals surface area contributed by atoms with Gasteiger partial charge in [-0.3, -0.25) is 0 Å². The van der Waals surface area contributed by atoms with Crippen molar-refractivity contribution in [1.82, 2.24) is 0 Å². The van der Waals surface area contributed by atoms with Crippen LogP contribution in [0.4, 0.5) is 0 Å². The SMILES string of the molecule is CC(C)C[C@H](N=S)C(=O)OCCN. The van der Waals surface area contributed by atoms with Crippen molar-refractivity contribution in [2.75, 3.05) is 13.2 Å². The van der Waals surface area contributed by atoms with Crippen LogP contribution in [0.15, 0.2) is 4.36 Å². The fraction of sp³-hybridized carbons (Fsp3) is 0.875. The third-order valence-electron chi connectivity index (χ3n) is 1.46. The van der Waals surface area contributed by atoms with Crippen molar-refractivity contribution in [3.8, 4) is 0 Å². The van der Waals surface area contributed by atoms with Crippen LogP contribution < -0.4 is 5.73 Å². The van der Waals surface area contributed by atoms with Crippen molar-refractivity contribution >= 4 is 18.4 Å². The molecule has 5 heteroatoms. The summed E-state index contributed by atoms with van der Waals surface area (Å²) in [4.78, 5) is 11.2. The summed E-state index contributed by atoms with van der Waals surface area (Å²) < 4.78 is 8.37. The number of hydrogen-bond acceptors (Lipinski definition) is 5. The average Bonchev–Trinajstić information content (AvgIpc) is 2.09. The minimum Gasteiger partial charge on any atom is -0.463 e. The second kappa shape index (κ2) is 6.91. The van der Waals surface area contributed by atoms with Crippen molar-refractivity contribution in [1.29, 1.82) is 0 Å². The zero-order chi connectivity index (χ0) is 10.3. The zero-order valence-electron chi connectivity index (χ0n) is 8.03. The first kappa shape index (κ1) is 12.4. The molecular weight excluding hydrogens is 188 g/mol. The van der Waals surface area contributed by atoms with Crippen LogP contribution in [0.2, 0.25) is 0 Å². The Morgan fingerprint density at radius 1 is 1.62 bits per heavy atom. The van der Waals surface area contributed by atoms with E-state index in [1.54, 1.807) is 0 Å². The van der Waals surface area contributed by atoms with Crippen molar-refractivity contribution in [3.63, 3.8) is 0 Å². The predicted octanol–water partition coefficient (Wildman–Crippen LogP) is 0.634. The fourth-order valence-electron chi connectivity index (χ4n) is 0.885. The molecule has 0 unspecified atom stereocenters. The molecule has 0 aliphatic heterocycles. The molecule has 4 nitrogen and oxygen atoms in total. The van der Waals surface area contributed by atoms with Crippen LogP contribution in [0.3, 0.4) is 0 Å². The van der Waals surface area contributed by atoms with Gasteiger partial charge in [0.15, 0.2) is 6.04 Å². The molecule has 0 bridgehead atoms. The standard InChI is InChI=1S/C8H16N2O2S/c1-6(2)5-7(10-13)8(11)12-4-3-9/h6-7H,3-5,9H2,1-2H3/t7-/m0/s1. The lowest BCUT2D eigenvalue weighted by Gasteiger charge is -2.11. The van der Waals surface area contributed by atoms with Gasteiger partial charge in [-0.1, -0.05) is 13.8 Å². The smallest absolute Gasteiger partial charge is 0.332 e. The maximum atomic E-state index is 11.2. The van der Waals surface area contributed by atoms with Crippen LogP contribution in [0.25, 0.3) is 0 Å². The Balaban J connectivity index is 3.92. The first-order valence-electron chi connectivity index (χ1n) is 4.31. The average molecular weight is 204 g/mol. The molecule has 0 aromatic rings. The van der Waals surface area contributed by atoms with Crippen LogP contribution in [0.1, 0.15) is 20.3 Å². The molecule has 0 aromatic heterocycles. The van der Waals surface area contributed by atoms with E-state index in [0.29, 0.717) is 18.9 Å². The van der Waals surface area contributed by atoms with Gasteiger partial charge >= 0.3 is 5.97 Å². The van der Waals surface area contributed by atoms with Gasteiger partial charge in [0.2, 0.25) is 0 Å². The Hall–Kier alpha value is -0.550. The first-order chi connectivity index (χ1) is 6.11. The van der Waals surface area contributed by atoms with Crippen LogP contribution in [-0.2, 0) is 22.0 Å². The number of esters is 1. The Labute approximate surface area is 84.0 Å². The van der Waals surface area contributed by atoms with E-state index in [-0.39, 0.29) is 12.6 Å². The molecule has 0 spiro atoms. The van der Waals surface area contributed by atoms with Gasteiger partial charge in [-0.25, -0.2) is 9.16 Å². The van der Waals surface area contributed by atoms with E-state index in [1.807, 2.05) is 13.8 Å². The highest BCUT2D eigenvalue weighted by Crippen LogP contribution is 2.09. The lowest BCUT2D eigenvalue weighted by Crippen LogP contribution is -2.25. The quantitative estimate of drug-likeness (QED) is 0.645. The Morgan fingerprint density at radius 2 is 2.23 bits per heavy atom. The third kappa shape index (κ3) is 5.65. The second-order valence-corrected chi connectivity index (χ2v) is 3.42. The van der Waals surface area contributed by atoms with Gasteiger partial charge in [-0.05, 0) is 12.3 Å². The molecule has 0 aromatic carbocycles.